The third kappa shape index (κ3) is 3.18. The third-order valence-electron chi connectivity index (χ3n) is 4.23. The molecule has 134 valence electrons. The number of fused-ring (bicyclic) bond motifs is 2. The maximum Gasteiger partial charge on any atom is 0.281 e. The highest BCUT2D eigenvalue weighted by Gasteiger charge is 2.13. The van der Waals surface area contributed by atoms with Gasteiger partial charge in [-0.25, -0.2) is 5.43 Å². The molecule has 8 heteroatoms. The van der Waals surface area contributed by atoms with Gasteiger partial charge in [-0.05, 0) is 18.2 Å². The van der Waals surface area contributed by atoms with Crippen molar-refractivity contribution in [2.75, 3.05) is 0 Å². The molecule has 0 aliphatic carbocycles. The maximum atomic E-state index is 12.3. The summed E-state index contributed by atoms with van der Waals surface area (Å²) in [5, 5.41) is 16.6. The van der Waals surface area contributed by atoms with Gasteiger partial charge in [0.1, 0.15) is 0 Å². The summed E-state index contributed by atoms with van der Waals surface area (Å²) in [6.07, 6.45) is 3.55. The van der Waals surface area contributed by atoms with Gasteiger partial charge in [0.25, 0.3) is 11.6 Å². The van der Waals surface area contributed by atoms with Crippen LogP contribution < -0.4 is 5.43 Å². The molecule has 0 fully saturated rings. The molecule has 2 heterocycles. The van der Waals surface area contributed by atoms with Gasteiger partial charge in [0, 0.05) is 51.9 Å². The van der Waals surface area contributed by atoms with E-state index in [9.17, 15) is 14.9 Å². The minimum absolute atomic E-state index is 0.00114. The second-order valence-corrected chi connectivity index (χ2v) is 7.09. The number of hydrogen-bond donors (Lipinski definition) is 1. The number of amides is 1. The Morgan fingerprint density at radius 2 is 2.07 bits per heavy atom. The number of hydrazone groups is 1. The topological polar surface area (TPSA) is 89.5 Å². The van der Waals surface area contributed by atoms with Crippen LogP contribution in [0.1, 0.15) is 15.2 Å². The van der Waals surface area contributed by atoms with Gasteiger partial charge < -0.3 is 4.57 Å². The van der Waals surface area contributed by atoms with Gasteiger partial charge in [0.15, 0.2) is 0 Å². The number of hydrogen-bond acceptors (Lipinski definition) is 5. The molecule has 0 bridgehead atoms. The van der Waals surface area contributed by atoms with Crippen molar-refractivity contribution in [3.63, 3.8) is 0 Å². The number of non-ortho nitro benzene ring substituents is 1. The van der Waals surface area contributed by atoms with Gasteiger partial charge in [-0.1, -0.05) is 18.2 Å². The molecule has 2 aromatic heterocycles. The first-order valence-corrected chi connectivity index (χ1v) is 8.90. The molecule has 7 nitrogen and oxygen atoms in total. The second kappa shape index (κ2) is 6.65. The summed E-state index contributed by atoms with van der Waals surface area (Å²) >= 11 is 1.27. The van der Waals surface area contributed by atoms with Crippen molar-refractivity contribution in [2.45, 2.75) is 0 Å². The lowest BCUT2D eigenvalue weighted by molar-refractivity contribution is -0.384. The molecule has 0 unspecified atom stereocenters. The number of rotatable bonds is 4. The van der Waals surface area contributed by atoms with Gasteiger partial charge >= 0.3 is 0 Å². The molecule has 4 rings (SSSR count). The zero-order chi connectivity index (χ0) is 19.0. The van der Waals surface area contributed by atoms with E-state index in [2.05, 4.69) is 10.5 Å². The van der Waals surface area contributed by atoms with E-state index in [4.69, 9.17) is 0 Å². The van der Waals surface area contributed by atoms with Crippen molar-refractivity contribution in [3.8, 4) is 0 Å². The minimum Gasteiger partial charge on any atom is -0.350 e. The Hall–Kier alpha value is -3.52. The normalized spacial score (nSPS) is 11.4. The minimum atomic E-state index is -0.453. The number of nitrogens with zero attached hydrogens (tertiary/aromatic N) is 3. The highest BCUT2D eigenvalue weighted by molar-refractivity contribution is 7.20. The number of aryl methyl sites for hydroxylation is 1. The summed E-state index contributed by atoms with van der Waals surface area (Å²) in [5.41, 5.74) is 4.50. The van der Waals surface area contributed by atoms with Crippen LogP contribution >= 0.6 is 11.3 Å². The zero-order valence-corrected chi connectivity index (χ0v) is 15.1. The molecule has 0 saturated heterocycles. The summed E-state index contributed by atoms with van der Waals surface area (Å²) < 4.78 is 2.81. The molecule has 0 spiro atoms. The Balaban J connectivity index is 1.54. The summed E-state index contributed by atoms with van der Waals surface area (Å²) in [6.45, 7) is 0. The van der Waals surface area contributed by atoms with Crippen LogP contribution in [0.15, 0.2) is 59.8 Å². The molecule has 1 N–H and O–H groups in total. The molecule has 2 aromatic carbocycles. The zero-order valence-electron chi connectivity index (χ0n) is 14.2. The second-order valence-electron chi connectivity index (χ2n) is 6.00. The lowest BCUT2D eigenvalue weighted by Crippen LogP contribution is -2.16. The molecular formula is C19H14N4O3S. The van der Waals surface area contributed by atoms with Crippen LogP contribution in [0.4, 0.5) is 5.69 Å². The SMILES string of the molecule is Cn1cc(C=NNC(=O)c2cc3cc([N+](=O)[O-])ccc3s2)c2ccccc21. The van der Waals surface area contributed by atoms with E-state index < -0.39 is 4.92 Å². The van der Waals surface area contributed by atoms with Crippen LogP contribution in [-0.2, 0) is 7.05 Å². The van der Waals surface area contributed by atoms with Crippen LogP contribution in [0.5, 0.6) is 0 Å². The van der Waals surface area contributed by atoms with Crippen LogP contribution in [0.2, 0.25) is 0 Å². The van der Waals surface area contributed by atoms with Gasteiger partial charge in [-0.15, -0.1) is 11.3 Å². The number of nitrogens with one attached hydrogen (secondary N) is 1. The number of carbonyl (C=O) groups excluding carboxylic acids is 1. The van der Waals surface area contributed by atoms with Crippen molar-refractivity contribution in [2.24, 2.45) is 12.1 Å². The van der Waals surface area contributed by atoms with E-state index in [0.717, 1.165) is 21.2 Å². The van der Waals surface area contributed by atoms with Crippen molar-refractivity contribution in [3.05, 3.63) is 75.3 Å². The van der Waals surface area contributed by atoms with Crippen LogP contribution in [-0.4, -0.2) is 21.6 Å². The van der Waals surface area contributed by atoms with E-state index in [1.54, 1.807) is 18.3 Å². The molecule has 4 aromatic rings. The largest absolute Gasteiger partial charge is 0.350 e. The van der Waals surface area contributed by atoms with Gasteiger partial charge in [0.2, 0.25) is 0 Å². The lowest BCUT2D eigenvalue weighted by atomic mass is 10.2. The Labute approximate surface area is 157 Å². The van der Waals surface area contributed by atoms with Crippen LogP contribution in [0.3, 0.4) is 0 Å². The predicted molar refractivity (Wildman–Crippen MR) is 106 cm³/mol. The Kier molecular flexibility index (Phi) is 4.17. The molecule has 1 amide bonds. The molecular weight excluding hydrogens is 364 g/mol. The van der Waals surface area contributed by atoms with E-state index >= 15 is 0 Å². The highest BCUT2D eigenvalue weighted by Crippen LogP contribution is 2.28. The number of para-hydroxylation sites is 1. The number of nitro groups is 1. The fourth-order valence-electron chi connectivity index (χ4n) is 2.95. The summed E-state index contributed by atoms with van der Waals surface area (Å²) in [5.74, 6) is -0.352. The Morgan fingerprint density at radius 3 is 2.89 bits per heavy atom. The average molecular weight is 378 g/mol. The number of carbonyl (C=O) groups is 1. The number of nitro benzene ring substituents is 1. The quantitative estimate of drug-likeness (QED) is 0.330. The Morgan fingerprint density at radius 1 is 1.26 bits per heavy atom. The molecule has 0 atom stereocenters. The van der Waals surface area contributed by atoms with Gasteiger partial charge in [-0.2, -0.15) is 5.10 Å². The van der Waals surface area contributed by atoms with Crippen molar-refractivity contribution in [1.82, 2.24) is 9.99 Å². The summed E-state index contributed by atoms with van der Waals surface area (Å²) in [7, 11) is 1.95. The first kappa shape index (κ1) is 16.9. The van der Waals surface area contributed by atoms with Gasteiger partial charge in [-0.3, -0.25) is 14.9 Å². The van der Waals surface area contributed by atoms with Crippen LogP contribution in [0.25, 0.3) is 21.0 Å². The van der Waals surface area contributed by atoms with E-state index in [1.165, 1.54) is 23.5 Å². The number of thiophene rings is 1. The third-order valence-corrected chi connectivity index (χ3v) is 5.35. The maximum absolute atomic E-state index is 12.3. The first-order chi connectivity index (χ1) is 13.0. The van der Waals surface area contributed by atoms with Crippen molar-refractivity contribution >= 4 is 50.1 Å². The van der Waals surface area contributed by atoms with E-state index in [1.807, 2.05) is 42.1 Å². The number of benzene rings is 2. The van der Waals surface area contributed by atoms with E-state index in [-0.39, 0.29) is 11.6 Å². The van der Waals surface area contributed by atoms with Crippen molar-refractivity contribution in [1.29, 1.82) is 0 Å². The molecule has 0 aliphatic heterocycles. The fourth-order valence-corrected chi connectivity index (χ4v) is 3.88. The first-order valence-electron chi connectivity index (χ1n) is 8.08. The van der Waals surface area contributed by atoms with Crippen LogP contribution in [0, 0.1) is 10.1 Å². The predicted octanol–water partition coefficient (Wildman–Crippen LogP) is 4.07. The summed E-state index contributed by atoms with van der Waals surface area (Å²) in [4.78, 5) is 23.2. The smallest absolute Gasteiger partial charge is 0.281 e. The molecule has 0 saturated carbocycles. The van der Waals surface area contributed by atoms with Crippen molar-refractivity contribution < 1.29 is 9.72 Å². The molecule has 0 aliphatic rings. The van der Waals surface area contributed by atoms with Gasteiger partial charge in [0.05, 0.1) is 16.0 Å². The molecule has 27 heavy (non-hydrogen) atoms. The summed E-state index contributed by atoms with van der Waals surface area (Å²) in [6, 6.07) is 14.1. The monoisotopic (exact) mass is 378 g/mol. The fraction of sp³-hybridized carbons (Fsp3) is 0.0526. The van der Waals surface area contributed by atoms with E-state index in [0.29, 0.717) is 10.3 Å². The Bertz CT molecular complexity index is 1220. The standard InChI is InChI=1S/C19H14N4O3S/c1-22-11-13(15-4-2-3-5-16(15)22)10-20-21-19(24)18-9-12-8-14(23(25)26)6-7-17(12)27-18/h2-11H,1H3,(H,21,24). The molecule has 0 radical (unpaired) electrons. The number of aromatic nitrogens is 1. The average Bonchev–Trinajstić information content (AvgIpc) is 3.23. The highest BCUT2D eigenvalue weighted by atomic mass is 32.1. The lowest BCUT2D eigenvalue weighted by Gasteiger charge is -1.95.